The first kappa shape index (κ1) is 15.4. The molecule has 19 heavy (non-hydrogen) atoms. The summed E-state index contributed by atoms with van der Waals surface area (Å²) in [6.45, 7) is 0. The average molecular weight is 283 g/mol. The Labute approximate surface area is 117 Å². The molecule has 0 aliphatic heterocycles. The number of carboxylic acids is 1. The standard InChI is InChI=1S/C13H17NO4S/c15-10-5-3-9(4-6-10)8-11(13(17)18)14-12(16)2-1-7-19/h3-6,11,15,19H,1-2,7-8H2,(H,14,16)(H,17,18)/t11-/m0/s1. The Morgan fingerprint density at radius 1 is 1.26 bits per heavy atom. The molecule has 1 aromatic carbocycles. The lowest BCUT2D eigenvalue weighted by atomic mass is 10.1. The fourth-order valence-electron chi connectivity index (χ4n) is 1.57. The molecule has 1 atom stereocenters. The number of amides is 1. The third-order valence-electron chi connectivity index (χ3n) is 2.57. The zero-order valence-electron chi connectivity index (χ0n) is 10.4. The maximum atomic E-state index is 11.5. The monoisotopic (exact) mass is 283 g/mol. The molecule has 0 bridgehead atoms. The number of benzene rings is 1. The van der Waals surface area contributed by atoms with Gasteiger partial charge in [0.2, 0.25) is 5.91 Å². The van der Waals surface area contributed by atoms with E-state index < -0.39 is 12.0 Å². The summed E-state index contributed by atoms with van der Waals surface area (Å²) < 4.78 is 0. The van der Waals surface area contributed by atoms with E-state index in [1.807, 2.05) is 0 Å². The third-order valence-corrected chi connectivity index (χ3v) is 2.89. The molecule has 0 aliphatic carbocycles. The highest BCUT2D eigenvalue weighted by molar-refractivity contribution is 7.80. The molecule has 0 saturated carbocycles. The highest BCUT2D eigenvalue weighted by Crippen LogP contribution is 2.11. The SMILES string of the molecule is O=C(CCCS)N[C@@H](Cc1ccc(O)cc1)C(=O)O. The Bertz CT molecular complexity index is 433. The number of thiol groups is 1. The molecule has 1 rings (SSSR count). The molecule has 0 spiro atoms. The molecule has 1 amide bonds. The minimum Gasteiger partial charge on any atom is -0.508 e. The molecular weight excluding hydrogens is 266 g/mol. The largest absolute Gasteiger partial charge is 0.508 e. The van der Waals surface area contributed by atoms with Gasteiger partial charge in [0, 0.05) is 12.8 Å². The van der Waals surface area contributed by atoms with Crippen molar-refractivity contribution in [1.29, 1.82) is 0 Å². The molecule has 0 aliphatic rings. The second-order valence-electron chi connectivity index (χ2n) is 4.16. The molecule has 1 aromatic rings. The van der Waals surface area contributed by atoms with Crippen LogP contribution in [0.2, 0.25) is 0 Å². The number of aromatic hydroxyl groups is 1. The van der Waals surface area contributed by atoms with Crippen LogP contribution in [-0.4, -0.2) is 33.9 Å². The van der Waals surface area contributed by atoms with Crippen molar-refractivity contribution >= 4 is 24.5 Å². The summed E-state index contributed by atoms with van der Waals surface area (Å²) in [6, 6.07) is 5.27. The van der Waals surface area contributed by atoms with Crippen LogP contribution in [0.1, 0.15) is 18.4 Å². The van der Waals surface area contributed by atoms with Crippen molar-refractivity contribution in [3.63, 3.8) is 0 Å². The Kier molecular flexibility index (Phi) is 6.21. The number of phenols is 1. The zero-order chi connectivity index (χ0) is 14.3. The van der Waals surface area contributed by atoms with Crippen LogP contribution in [0.25, 0.3) is 0 Å². The number of carbonyl (C=O) groups is 2. The van der Waals surface area contributed by atoms with Crippen LogP contribution in [0.4, 0.5) is 0 Å². The van der Waals surface area contributed by atoms with Crippen molar-refractivity contribution in [3.05, 3.63) is 29.8 Å². The van der Waals surface area contributed by atoms with Crippen molar-refractivity contribution in [3.8, 4) is 5.75 Å². The second kappa shape index (κ2) is 7.68. The molecule has 0 aromatic heterocycles. The maximum Gasteiger partial charge on any atom is 0.326 e. The van der Waals surface area contributed by atoms with Crippen LogP contribution in [0.15, 0.2) is 24.3 Å². The molecule has 104 valence electrons. The van der Waals surface area contributed by atoms with Gasteiger partial charge in [0.05, 0.1) is 0 Å². The van der Waals surface area contributed by atoms with E-state index in [0.29, 0.717) is 12.2 Å². The zero-order valence-corrected chi connectivity index (χ0v) is 11.3. The van der Waals surface area contributed by atoms with Crippen molar-refractivity contribution in [2.24, 2.45) is 0 Å². The minimum atomic E-state index is -1.08. The average Bonchev–Trinajstić information content (AvgIpc) is 2.38. The number of nitrogens with one attached hydrogen (secondary N) is 1. The summed E-state index contributed by atoms with van der Waals surface area (Å²) in [5.74, 6) is -0.663. The topological polar surface area (TPSA) is 86.6 Å². The van der Waals surface area contributed by atoms with Crippen molar-refractivity contribution in [2.75, 3.05) is 5.75 Å². The van der Waals surface area contributed by atoms with Crippen molar-refractivity contribution < 1.29 is 19.8 Å². The predicted octanol–water partition coefficient (Wildman–Crippen LogP) is 1.21. The van der Waals surface area contributed by atoms with E-state index in [0.717, 1.165) is 5.56 Å². The summed E-state index contributed by atoms with van der Waals surface area (Å²) >= 11 is 4.00. The number of hydrogen-bond acceptors (Lipinski definition) is 4. The number of hydrogen-bond donors (Lipinski definition) is 4. The van der Waals surface area contributed by atoms with Crippen LogP contribution < -0.4 is 5.32 Å². The molecule has 0 unspecified atom stereocenters. The van der Waals surface area contributed by atoms with Crippen LogP contribution in [0.3, 0.4) is 0 Å². The fraction of sp³-hybridized carbons (Fsp3) is 0.385. The van der Waals surface area contributed by atoms with Crippen molar-refractivity contribution in [2.45, 2.75) is 25.3 Å². The number of phenolic OH excluding ortho intramolecular Hbond substituents is 1. The van der Waals surface area contributed by atoms with Crippen LogP contribution >= 0.6 is 12.6 Å². The Morgan fingerprint density at radius 3 is 2.42 bits per heavy atom. The van der Waals surface area contributed by atoms with Gasteiger partial charge in [-0.1, -0.05) is 12.1 Å². The highest BCUT2D eigenvalue weighted by atomic mass is 32.1. The second-order valence-corrected chi connectivity index (χ2v) is 4.60. The third kappa shape index (κ3) is 5.65. The summed E-state index contributed by atoms with van der Waals surface area (Å²) in [5, 5.41) is 20.7. The first-order valence-electron chi connectivity index (χ1n) is 5.94. The van der Waals surface area contributed by atoms with Gasteiger partial charge < -0.3 is 15.5 Å². The maximum absolute atomic E-state index is 11.5. The van der Waals surface area contributed by atoms with E-state index in [-0.39, 0.29) is 24.5 Å². The van der Waals surface area contributed by atoms with Gasteiger partial charge in [-0.15, -0.1) is 0 Å². The molecule has 0 saturated heterocycles. The Hall–Kier alpha value is -1.69. The van der Waals surface area contributed by atoms with E-state index in [1.165, 1.54) is 12.1 Å². The van der Waals surface area contributed by atoms with E-state index in [2.05, 4.69) is 17.9 Å². The summed E-state index contributed by atoms with van der Waals surface area (Å²) in [4.78, 5) is 22.6. The van der Waals surface area contributed by atoms with Crippen LogP contribution in [0.5, 0.6) is 5.75 Å². The normalized spacial score (nSPS) is 11.8. The van der Waals surface area contributed by atoms with Gasteiger partial charge in [0.25, 0.3) is 0 Å². The lowest BCUT2D eigenvalue weighted by Crippen LogP contribution is -2.42. The van der Waals surface area contributed by atoms with Crippen LogP contribution in [-0.2, 0) is 16.0 Å². The number of carboxylic acid groups (broad SMARTS) is 1. The van der Waals surface area contributed by atoms with Gasteiger partial charge in [-0.3, -0.25) is 4.79 Å². The quantitative estimate of drug-likeness (QED) is 0.567. The summed E-state index contributed by atoms with van der Waals surface area (Å²) in [5.41, 5.74) is 0.736. The van der Waals surface area contributed by atoms with Gasteiger partial charge in [-0.25, -0.2) is 4.79 Å². The van der Waals surface area contributed by atoms with Crippen LogP contribution in [0, 0.1) is 0 Å². The molecule has 5 nitrogen and oxygen atoms in total. The fourth-order valence-corrected chi connectivity index (χ4v) is 1.73. The minimum absolute atomic E-state index is 0.119. The van der Waals surface area contributed by atoms with E-state index in [9.17, 15) is 9.59 Å². The van der Waals surface area contributed by atoms with E-state index >= 15 is 0 Å². The smallest absolute Gasteiger partial charge is 0.326 e. The molecule has 0 fully saturated rings. The number of rotatable bonds is 7. The molecule has 6 heteroatoms. The molecular formula is C13H17NO4S. The van der Waals surface area contributed by atoms with Gasteiger partial charge >= 0.3 is 5.97 Å². The number of carbonyl (C=O) groups excluding carboxylic acids is 1. The lowest BCUT2D eigenvalue weighted by molar-refractivity contribution is -0.141. The molecule has 0 heterocycles. The molecule has 0 radical (unpaired) electrons. The van der Waals surface area contributed by atoms with Crippen molar-refractivity contribution in [1.82, 2.24) is 5.32 Å². The number of aliphatic carboxylic acids is 1. The predicted molar refractivity (Wildman–Crippen MR) is 74.5 cm³/mol. The van der Waals surface area contributed by atoms with E-state index in [1.54, 1.807) is 12.1 Å². The van der Waals surface area contributed by atoms with Gasteiger partial charge in [-0.2, -0.15) is 12.6 Å². The van der Waals surface area contributed by atoms with Gasteiger partial charge in [-0.05, 0) is 29.9 Å². The Balaban J connectivity index is 2.60. The highest BCUT2D eigenvalue weighted by Gasteiger charge is 2.19. The summed E-state index contributed by atoms with van der Waals surface area (Å²) in [6.07, 6.45) is 1.06. The van der Waals surface area contributed by atoms with Gasteiger partial charge in [0.1, 0.15) is 11.8 Å². The lowest BCUT2D eigenvalue weighted by Gasteiger charge is -2.14. The Morgan fingerprint density at radius 2 is 1.89 bits per heavy atom. The first-order valence-corrected chi connectivity index (χ1v) is 6.57. The van der Waals surface area contributed by atoms with E-state index in [4.69, 9.17) is 10.2 Å². The summed E-state index contributed by atoms with van der Waals surface area (Å²) in [7, 11) is 0. The first-order chi connectivity index (χ1) is 9.02. The molecule has 3 N–H and O–H groups in total. The van der Waals surface area contributed by atoms with Gasteiger partial charge in [0.15, 0.2) is 0 Å².